The zero-order chi connectivity index (χ0) is 7.82. The second kappa shape index (κ2) is 7.16. The molecule has 0 aliphatic heterocycles. The largest absolute Gasteiger partial charge is 0.602 e. The molecule has 0 spiro atoms. The Morgan fingerprint density at radius 1 is 1.60 bits per heavy atom. The fourth-order valence-electron chi connectivity index (χ4n) is 0.620. The van der Waals surface area contributed by atoms with Crippen LogP contribution in [0.5, 0.6) is 0 Å². The Balaban J connectivity index is 2.98. The molecule has 2 N–H and O–H groups in total. The maximum Gasteiger partial charge on any atom is 0.229 e. The van der Waals surface area contributed by atoms with E-state index in [4.69, 9.17) is 4.89 Å². The summed E-state index contributed by atoms with van der Waals surface area (Å²) in [4.78, 5) is 18.4. The average molecular weight is 163 g/mol. The van der Waals surface area contributed by atoms with Crippen molar-refractivity contribution in [2.45, 2.75) is 26.2 Å². The summed E-state index contributed by atoms with van der Waals surface area (Å²) in [5.41, 5.74) is 0. The van der Waals surface area contributed by atoms with Crippen LogP contribution in [0.15, 0.2) is 0 Å². The summed E-state index contributed by atoms with van der Waals surface area (Å²) in [6, 6.07) is 0. The lowest BCUT2D eigenvalue weighted by Gasteiger charge is -1.94. The molecule has 0 fully saturated rings. The highest BCUT2D eigenvalue weighted by Gasteiger charge is 1.86. The first-order chi connectivity index (χ1) is 4.77. The smallest absolute Gasteiger partial charge is 0.229 e. The third-order valence-corrected chi connectivity index (χ3v) is 1.53. The average Bonchev–Trinajstić information content (AvgIpc) is 1.87. The standard InChI is InChI=1S/C6H14NO2P/c1-2-3-4-5-7-6-10(8)9/h6-7H,2-5H2,1H3,(H,8,9). The van der Waals surface area contributed by atoms with Crippen molar-refractivity contribution in [2.75, 3.05) is 6.54 Å². The SMILES string of the molecule is CCCCCN/C=[P+](/[O-])O. The van der Waals surface area contributed by atoms with Gasteiger partial charge in [0.25, 0.3) is 0 Å². The number of hydrogen-bond acceptors (Lipinski definition) is 2. The molecule has 0 aromatic heterocycles. The second-order valence-corrected chi connectivity index (χ2v) is 2.96. The van der Waals surface area contributed by atoms with Crippen LogP contribution in [0.25, 0.3) is 0 Å². The molecule has 1 atom stereocenters. The van der Waals surface area contributed by atoms with E-state index in [1.807, 2.05) is 0 Å². The summed E-state index contributed by atoms with van der Waals surface area (Å²) in [6.45, 7) is 2.92. The summed E-state index contributed by atoms with van der Waals surface area (Å²) in [5, 5.41) is 2.76. The summed E-state index contributed by atoms with van der Waals surface area (Å²) < 4.78 is 0. The van der Waals surface area contributed by atoms with Gasteiger partial charge in [0.05, 0.1) is 0 Å². The molecular formula is C6H14NO2P. The number of hydrogen-bond donors (Lipinski definition) is 2. The summed E-state index contributed by atoms with van der Waals surface area (Å²) in [7, 11) is -2.11. The van der Waals surface area contributed by atoms with Crippen molar-refractivity contribution in [1.29, 1.82) is 0 Å². The Morgan fingerprint density at radius 2 is 2.30 bits per heavy atom. The first-order valence-corrected chi connectivity index (χ1v) is 4.77. The minimum absolute atomic E-state index is 0.801. The molecule has 0 aliphatic rings. The summed E-state index contributed by atoms with van der Waals surface area (Å²) >= 11 is 0. The molecule has 0 saturated carbocycles. The van der Waals surface area contributed by atoms with Crippen LogP contribution in [0.1, 0.15) is 26.2 Å². The highest BCUT2D eigenvalue weighted by molar-refractivity contribution is 7.43. The summed E-state index contributed by atoms with van der Waals surface area (Å²) in [5.74, 6) is 1.23. The van der Waals surface area contributed by atoms with Gasteiger partial charge in [0, 0.05) is 6.54 Å². The fraction of sp³-hybridized carbons (Fsp3) is 0.833. The van der Waals surface area contributed by atoms with E-state index in [9.17, 15) is 4.89 Å². The first-order valence-electron chi connectivity index (χ1n) is 3.49. The molecule has 3 nitrogen and oxygen atoms in total. The van der Waals surface area contributed by atoms with Gasteiger partial charge in [-0.25, -0.2) is 0 Å². The van der Waals surface area contributed by atoms with Gasteiger partial charge in [0.15, 0.2) is 5.92 Å². The van der Waals surface area contributed by atoms with E-state index in [1.165, 1.54) is 18.8 Å². The Bertz CT molecular complexity index is 102. The molecule has 0 aromatic rings. The van der Waals surface area contributed by atoms with Crippen molar-refractivity contribution < 1.29 is 9.79 Å². The number of rotatable bonds is 5. The van der Waals surface area contributed by atoms with Gasteiger partial charge in [-0.1, -0.05) is 19.8 Å². The van der Waals surface area contributed by atoms with E-state index in [1.54, 1.807) is 0 Å². The minimum Gasteiger partial charge on any atom is -0.602 e. The predicted molar refractivity (Wildman–Crippen MR) is 42.7 cm³/mol. The van der Waals surface area contributed by atoms with E-state index in [0.717, 1.165) is 13.0 Å². The third kappa shape index (κ3) is 8.05. The molecular weight excluding hydrogens is 149 g/mol. The van der Waals surface area contributed by atoms with Crippen LogP contribution in [0.4, 0.5) is 0 Å². The van der Waals surface area contributed by atoms with Crippen molar-refractivity contribution >= 4 is 13.9 Å². The molecule has 1 unspecified atom stereocenters. The third-order valence-electron chi connectivity index (χ3n) is 1.13. The van der Waals surface area contributed by atoms with Gasteiger partial charge in [-0.15, -0.1) is 0 Å². The van der Waals surface area contributed by atoms with Gasteiger partial charge in [-0.3, -0.25) is 5.32 Å². The Hall–Kier alpha value is 0.0500. The molecule has 0 amide bonds. The zero-order valence-electron chi connectivity index (χ0n) is 6.21. The van der Waals surface area contributed by atoms with Crippen molar-refractivity contribution in [3.05, 3.63) is 0 Å². The molecule has 0 aromatic carbocycles. The molecule has 0 heterocycles. The van der Waals surface area contributed by atoms with Crippen LogP contribution in [-0.4, -0.2) is 17.4 Å². The molecule has 4 heteroatoms. The van der Waals surface area contributed by atoms with Crippen molar-refractivity contribution in [1.82, 2.24) is 5.32 Å². The zero-order valence-corrected chi connectivity index (χ0v) is 7.10. The number of unbranched alkanes of at least 4 members (excludes halogenated alkanes) is 2. The van der Waals surface area contributed by atoms with Crippen LogP contribution >= 0.6 is 8.00 Å². The van der Waals surface area contributed by atoms with E-state index < -0.39 is 8.00 Å². The van der Waals surface area contributed by atoms with Gasteiger partial charge in [0.2, 0.25) is 8.00 Å². The van der Waals surface area contributed by atoms with Crippen LogP contribution in [0.3, 0.4) is 0 Å². The van der Waals surface area contributed by atoms with Crippen molar-refractivity contribution in [2.24, 2.45) is 0 Å². The maximum absolute atomic E-state index is 10.1. The predicted octanol–water partition coefficient (Wildman–Crippen LogP) is 0.190. The van der Waals surface area contributed by atoms with E-state index in [0.29, 0.717) is 0 Å². The van der Waals surface area contributed by atoms with Gasteiger partial charge in [0.1, 0.15) is 0 Å². The highest BCUT2D eigenvalue weighted by Crippen LogP contribution is 1.95. The second-order valence-electron chi connectivity index (χ2n) is 2.09. The fourth-order valence-corrected chi connectivity index (χ4v) is 0.905. The van der Waals surface area contributed by atoms with Gasteiger partial charge < -0.3 is 4.89 Å². The Kier molecular flexibility index (Phi) is 7.20. The first kappa shape index (κ1) is 10.0. The normalized spacial score (nSPS) is 12.1. The lowest BCUT2D eigenvalue weighted by Crippen LogP contribution is -2.13. The van der Waals surface area contributed by atoms with Crippen molar-refractivity contribution in [3.63, 3.8) is 0 Å². The van der Waals surface area contributed by atoms with Crippen LogP contribution < -0.4 is 10.2 Å². The highest BCUT2D eigenvalue weighted by atomic mass is 31.1. The molecule has 0 radical (unpaired) electrons. The minimum atomic E-state index is -2.11. The van der Waals surface area contributed by atoms with Gasteiger partial charge in [-0.05, 0) is 6.42 Å². The van der Waals surface area contributed by atoms with Gasteiger partial charge in [-0.2, -0.15) is 4.89 Å². The summed E-state index contributed by atoms with van der Waals surface area (Å²) in [6.07, 6.45) is 3.41. The Morgan fingerprint density at radius 3 is 2.80 bits per heavy atom. The van der Waals surface area contributed by atoms with Crippen molar-refractivity contribution in [3.8, 4) is 0 Å². The van der Waals surface area contributed by atoms with Crippen LogP contribution in [0, 0.1) is 0 Å². The molecule has 0 aliphatic carbocycles. The topological polar surface area (TPSA) is 55.3 Å². The lowest BCUT2D eigenvalue weighted by molar-refractivity contribution is -0.167. The molecule has 60 valence electrons. The monoisotopic (exact) mass is 163 g/mol. The van der Waals surface area contributed by atoms with Crippen LogP contribution in [0.2, 0.25) is 0 Å². The van der Waals surface area contributed by atoms with Crippen LogP contribution in [-0.2, 0) is 0 Å². The molecule has 0 bridgehead atoms. The van der Waals surface area contributed by atoms with E-state index >= 15 is 0 Å². The molecule has 0 saturated heterocycles. The quantitative estimate of drug-likeness (QED) is 0.449. The lowest BCUT2D eigenvalue weighted by atomic mass is 10.2. The maximum atomic E-state index is 10.1. The van der Waals surface area contributed by atoms with Gasteiger partial charge >= 0.3 is 0 Å². The number of nitrogens with one attached hydrogen (secondary N) is 1. The Labute approximate surface area is 62.6 Å². The molecule has 0 rings (SSSR count). The van der Waals surface area contributed by atoms with E-state index in [-0.39, 0.29) is 0 Å². The molecule has 10 heavy (non-hydrogen) atoms. The van der Waals surface area contributed by atoms with E-state index in [2.05, 4.69) is 12.2 Å².